The van der Waals surface area contributed by atoms with Gasteiger partial charge in [-0.25, -0.2) is 0 Å². The van der Waals surface area contributed by atoms with Crippen molar-refractivity contribution in [1.82, 2.24) is 0 Å². The van der Waals surface area contributed by atoms with E-state index in [1.807, 2.05) is 37.3 Å². The smallest absolute Gasteiger partial charge is 0.114 e. The van der Waals surface area contributed by atoms with E-state index >= 15 is 0 Å². The molecule has 0 radical (unpaired) electrons. The third kappa shape index (κ3) is 1.36. The molecule has 0 aromatic heterocycles. The molecule has 1 aromatic carbocycles. The molecule has 1 heterocycles. The SMILES string of the molecule is CC1OC1C(O)c1ccccc1. The van der Waals surface area contributed by atoms with E-state index in [0.717, 1.165) is 5.56 Å². The second-order valence-corrected chi connectivity index (χ2v) is 3.16. The molecule has 2 nitrogen and oxygen atoms in total. The van der Waals surface area contributed by atoms with Crippen LogP contribution in [0.25, 0.3) is 0 Å². The summed E-state index contributed by atoms with van der Waals surface area (Å²) in [6.07, 6.45) is -0.242. The van der Waals surface area contributed by atoms with E-state index in [9.17, 15) is 5.11 Å². The molecule has 1 aliphatic heterocycles. The Morgan fingerprint density at radius 3 is 2.42 bits per heavy atom. The van der Waals surface area contributed by atoms with Crippen LogP contribution in [0.5, 0.6) is 0 Å². The molecule has 0 aliphatic carbocycles. The highest BCUT2D eigenvalue weighted by atomic mass is 16.6. The number of epoxide rings is 1. The average molecular weight is 164 g/mol. The zero-order valence-corrected chi connectivity index (χ0v) is 6.97. The van der Waals surface area contributed by atoms with Gasteiger partial charge < -0.3 is 9.84 Å². The number of benzene rings is 1. The average Bonchev–Trinajstić information content (AvgIpc) is 2.83. The van der Waals surface area contributed by atoms with Crippen LogP contribution >= 0.6 is 0 Å². The van der Waals surface area contributed by atoms with E-state index in [2.05, 4.69) is 0 Å². The van der Waals surface area contributed by atoms with Crippen molar-refractivity contribution in [3.63, 3.8) is 0 Å². The molecule has 12 heavy (non-hydrogen) atoms. The van der Waals surface area contributed by atoms with E-state index in [1.54, 1.807) is 0 Å². The lowest BCUT2D eigenvalue weighted by atomic mass is 10.1. The van der Waals surface area contributed by atoms with Crippen LogP contribution in [0.2, 0.25) is 0 Å². The molecule has 2 heteroatoms. The number of hydrogen-bond donors (Lipinski definition) is 1. The molecular weight excluding hydrogens is 152 g/mol. The Kier molecular flexibility index (Phi) is 1.87. The number of ether oxygens (including phenoxy) is 1. The van der Waals surface area contributed by atoms with E-state index in [0.29, 0.717) is 0 Å². The van der Waals surface area contributed by atoms with Gasteiger partial charge in [0.2, 0.25) is 0 Å². The predicted octanol–water partition coefficient (Wildman–Crippen LogP) is 1.51. The summed E-state index contributed by atoms with van der Waals surface area (Å²) in [7, 11) is 0. The molecule has 0 saturated carbocycles. The summed E-state index contributed by atoms with van der Waals surface area (Å²) in [5, 5.41) is 9.71. The fraction of sp³-hybridized carbons (Fsp3) is 0.400. The summed E-state index contributed by atoms with van der Waals surface area (Å²) in [5.74, 6) is 0. The van der Waals surface area contributed by atoms with Crippen molar-refractivity contribution < 1.29 is 9.84 Å². The summed E-state index contributed by atoms with van der Waals surface area (Å²) in [6, 6.07) is 9.61. The zero-order valence-electron chi connectivity index (χ0n) is 6.97. The summed E-state index contributed by atoms with van der Waals surface area (Å²) >= 11 is 0. The molecule has 0 spiro atoms. The summed E-state index contributed by atoms with van der Waals surface area (Å²) in [5.41, 5.74) is 0.937. The maximum Gasteiger partial charge on any atom is 0.114 e. The second kappa shape index (κ2) is 2.88. The molecule has 0 amide bonds. The van der Waals surface area contributed by atoms with E-state index in [-0.39, 0.29) is 12.2 Å². The lowest BCUT2D eigenvalue weighted by Gasteiger charge is -2.06. The van der Waals surface area contributed by atoms with Crippen LogP contribution in [0.15, 0.2) is 30.3 Å². The first-order chi connectivity index (χ1) is 5.79. The predicted molar refractivity (Wildman–Crippen MR) is 45.7 cm³/mol. The van der Waals surface area contributed by atoms with Crippen molar-refractivity contribution >= 4 is 0 Å². The number of aliphatic hydroxyl groups excluding tert-OH is 1. The molecule has 0 bridgehead atoms. The molecule has 1 fully saturated rings. The second-order valence-electron chi connectivity index (χ2n) is 3.16. The Balaban J connectivity index is 2.10. The van der Waals surface area contributed by atoms with Crippen molar-refractivity contribution in [1.29, 1.82) is 0 Å². The standard InChI is InChI=1S/C10H12O2/c1-7-10(12-7)9(11)8-5-3-2-4-6-8/h2-7,9-11H,1H3. The van der Waals surface area contributed by atoms with Gasteiger partial charge in [0.15, 0.2) is 0 Å². The maximum absolute atomic E-state index is 9.71. The van der Waals surface area contributed by atoms with Gasteiger partial charge in [-0.2, -0.15) is 0 Å². The van der Waals surface area contributed by atoms with Crippen LogP contribution in [0.4, 0.5) is 0 Å². The van der Waals surface area contributed by atoms with Gasteiger partial charge in [0.1, 0.15) is 12.2 Å². The quantitative estimate of drug-likeness (QED) is 0.672. The molecule has 3 unspecified atom stereocenters. The van der Waals surface area contributed by atoms with Crippen LogP contribution in [-0.2, 0) is 4.74 Å². The van der Waals surface area contributed by atoms with Gasteiger partial charge in [-0.15, -0.1) is 0 Å². The van der Waals surface area contributed by atoms with Crippen LogP contribution in [0.3, 0.4) is 0 Å². The molecule has 1 saturated heterocycles. The van der Waals surface area contributed by atoms with Crippen LogP contribution in [-0.4, -0.2) is 17.3 Å². The normalized spacial score (nSPS) is 29.8. The van der Waals surface area contributed by atoms with Gasteiger partial charge in [-0.1, -0.05) is 30.3 Å². The van der Waals surface area contributed by atoms with Gasteiger partial charge in [0, 0.05) is 0 Å². The Morgan fingerprint density at radius 2 is 1.92 bits per heavy atom. The summed E-state index contributed by atoms with van der Waals surface area (Å²) in [6.45, 7) is 1.97. The van der Waals surface area contributed by atoms with Gasteiger partial charge >= 0.3 is 0 Å². The van der Waals surface area contributed by atoms with Crippen LogP contribution in [0, 0.1) is 0 Å². The van der Waals surface area contributed by atoms with Gasteiger partial charge in [-0.05, 0) is 12.5 Å². The van der Waals surface area contributed by atoms with E-state index < -0.39 is 6.10 Å². The Hall–Kier alpha value is -0.860. The maximum atomic E-state index is 9.71. The fourth-order valence-electron chi connectivity index (χ4n) is 1.37. The third-order valence-corrected chi connectivity index (χ3v) is 2.21. The fourth-order valence-corrected chi connectivity index (χ4v) is 1.37. The highest BCUT2D eigenvalue weighted by Gasteiger charge is 2.41. The van der Waals surface area contributed by atoms with Crippen LogP contribution in [0.1, 0.15) is 18.6 Å². The molecule has 2 rings (SSSR count). The molecule has 1 aromatic rings. The summed E-state index contributed by atoms with van der Waals surface area (Å²) in [4.78, 5) is 0. The van der Waals surface area contributed by atoms with E-state index in [1.165, 1.54) is 0 Å². The molecule has 1 N–H and O–H groups in total. The molecule has 1 aliphatic rings. The van der Waals surface area contributed by atoms with Crippen LogP contribution < -0.4 is 0 Å². The highest BCUT2D eigenvalue weighted by molar-refractivity contribution is 5.20. The van der Waals surface area contributed by atoms with Crippen molar-refractivity contribution in [3.8, 4) is 0 Å². The minimum Gasteiger partial charge on any atom is -0.386 e. The Morgan fingerprint density at radius 1 is 1.33 bits per heavy atom. The monoisotopic (exact) mass is 164 g/mol. The lowest BCUT2D eigenvalue weighted by Crippen LogP contribution is -2.06. The van der Waals surface area contributed by atoms with Gasteiger partial charge in [0.25, 0.3) is 0 Å². The first-order valence-electron chi connectivity index (χ1n) is 4.17. The van der Waals surface area contributed by atoms with Crippen molar-refractivity contribution in [3.05, 3.63) is 35.9 Å². The first kappa shape index (κ1) is 7.77. The first-order valence-corrected chi connectivity index (χ1v) is 4.17. The minimum atomic E-state index is -0.457. The third-order valence-electron chi connectivity index (χ3n) is 2.21. The van der Waals surface area contributed by atoms with Crippen molar-refractivity contribution in [2.75, 3.05) is 0 Å². The summed E-state index contributed by atoms with van der Waals surface area (Å²) < 4.78 is 5.18. The molecule has 3 atom stereocenters. The van der Waals surface area contributed by atoms with Gasteiger partial charge in [-0.3, -0.25) is 0 Å². The number of rotatable bonds is 2. The zero-order chi connectivity index (χ0) is 8.55. The Labute approximate surface area is 71.8 Å². The van der Waals surface area contributed by atoms with Crippen molar-refractivity contribution in [2.45, 2.75) is 25.2 Å². The van der Waals surface area contributed by atoms with E-state index in [4.69, 9.17) is 4.74 Å². The number of hydrogen-bond acceptors (Lipinski definition) is 2. The topological polar surface area (TPSA) is 32.8 Å². The molecular formula is C10H12O2. The molecule has 64 valence electrons. The van der Waals surface area contributed by atoms with Crippen molar-refractivity contribution in [2.24, 2.45) is 0 Å². The Bertz CT molecular complexity index is 258. The van der Waals surface area contributed by atoms with Gasteiger partial charge in [0.05, 0.1) is 6.10 Å². The minimum absolute atomic E-state index is 0.00685. The number of aliphatic hydroxyl groups is 1. The largest absolute Gasteiger partial charge is 0.386 e. The lowest BCUT2D eigenvalue weighted by molar-refractivity contribution is 0.137. The highest BCUT2D eigenvalue weighted by Crippen LogP contribution is 2.33.